The molecule has 0 aliphatic carbocycles. The van der Waals surface area contributed by atoms with Gasteiger partial charge in [0.25, 0.3) is 0 Å². The summed E-state index contributed by atoms with van der Waals surface area (Å²) >= 11 is 0. The summed E-state index contributed by atoms with van der Waals surface area (Å²) in [5.74, 6) is 5.69. The first kappa shape index (κ1) is 13.6. The molecule has 0 N–H and O–H groups in total. The van der Waals surface area contributed by atoms with Crippen LogP contribution < -0.4 is 0 Å². The third kappa shape index (κ3) is 3.86. The molecule has 2 aromatic carbocycles. The predicted octanol–water partition coefficient (Wildman–Crippen LogP) is 3.54. The molecule has 0 aromatic heterocycles. The van der Waals surface area contributed by atoms with Gasteiger partial charge in [-0.05, 0) is 42.0 Å². The number of methoxy groups -OCH3 is 1. The molecule has 0 aliphatic rings. The number of rotatable bonds is 2. The average molecular weight is 262 g/mol. The summed E-state index contributed by atoms with van der Waals surface area (Å²) in [6, 6.07) is 17.0. The Bertz CT molecular complexity index is 656. The molecule has 0 fully saturated rings. The average Bonchev–Trinajstić information content (AvgIpc) is 2.52. The van der Waals surface area contributed by atoms with Crippen LogP contribution >= 0.6 is 0 Å². The molecule has 0 saturated carbocycles. The molecule has 98 valence electrons. The number of hydrogen-bond acceptors (Lipinski definition) is 2. The summed E-state index contributed by atoms with van der Waals surface area (Å²) in [5.41, 5.74) is 2.51. The van der Waals surface area contributed by atoms with Crippen molar-refractivity contribution in [2.45, 2.75) is 0 Å². The van der Waals surface area contributed by atoms with Crippen molar-refractivity contribution in [1.82, 2.24) is 0 Å². The molecular formula is C18H14O2. The lowest BCUT2D eigenvalue weighted by atomic mass is 10.1. The Hall–Kier alpha value is -2.79. The van der Waals surface area contributed by atoms with Crippen LogP contribution in [-0.2, 0) is 4.74 Å². The van der Waals surface area contributed by atoms with Crippen LogP contribution in [0.15, 0.2) is 60.7 Å². The first-order valence-corrected chi connectivity index (χ1v) is 6.21. The van der Waals surface area contributed by atoms with Crippen LogP contribution in [0.5, 0.6) is 0 Å². The number of benzene rings is 2. The van der Waals surface area contributed by atoms with E-state index >= 15 is 0 Å². The molecular weight excluding hydrogens is 248 g/mol. The standard InChI is InChI=1S/C18H14O2/c1-20-18(19)17-13-11-16(12-14-17)10-6-5-9-15-7-3-2-4-8-15/h2-4,6-8,10-14H,1H3. The van der Waals surface area contributed by atoms with Crippen LogP contribution in [0.25, 0.3) is 6.08 Å². The minimum atomic E-state index is -0.329. The fraction of sp³-hybridized carbons (Fsp3) is 0.0556. The van der Waals surface area contributed by atoms with Gasteiger partial charge in [-0.2, -0.15) is 0 Å². The predicted molar refractivity (Wildman–Crippen MR) is 80.1 cm³/mol. The third-order valence-electron chi connectivity index (χ3n) is 2.68. The van der Waals surface area contributed by atoms with E-state index in [1.807, 2.05) is 48.5 Å². The minimum Gasteiger partial charge on any atom is -0.465 e. The largest absolute Gasteiger partial charge is 0.465 e. The Kier molecular flexibility index (Phi) is 4.75. The lowest BCUT2D eigenvalue weighted by molar-refractivity contribution is 0.0601. The van der Waals surface area contributed by atoms with Gasteiger partial charge in [0.15, 0.2) is 0 Å². The topological polar surface area (TPSA) is 26.3 Å². The SMILES string of the molecule is COC(=O)c1ccc(C=CC#Cc2ccccc2)cc1. The number of ether oxygens (including phenoxy) is 1. The van der Waals surface area contributed by atoms with Gasteiger partial charge in [-0.3, -0.25) is 0 Å². The smallest absolute Gasteiger partial charge is 0.337 e. The van der Waals surface area contributed by atoms with Crippen molar-refractivity contribution in [3.63, 3.8) is 0 Å². The van der Waals surface area contributed by atoms with Crippen LogP contribution in [0, 0.1) is 11.8 Å². The first-order chi connectivity index (χ1) is 9.79. The van der Waals surface area contributed by atoms with Gasteiger partial charge in [0.2, 0.25) is 0 Å². The maximum atomic E-state index is 11.3. The Morgan fingerprint density at radius 1 is 1.05 bits per heavy atom. The van der Waals surface area contributed by atoms with Gasteiger partial charge in [0, 0.05) is 5.56 Å². The maximum Gasteiger partial charge on any atom is 0.337 e. The zero-order valence-corrected chi connectivity index (χ0v) is 11.2. The van der Waals surface area contributed by atoms with E-state index < -0.39 is 0 Å². The van der Waals surface area contributed by atoms with Gasteiger partial charge in [-0.1, -0.05) is 42.2 Å². The van der Waals surface area contributed by atoms with E-state index in [0.29, 0.717) is 5.56 Å². The zero-order chi connectivity index (χ0) is 14.2. The van der Waals surface area contributed by atoms with Crippen molar-refractivity contribution < 1.29 is 9.53 Å². The summed E-state index contributed by atoms with van der Waals surface area (Å²) < 4.78 is 4.64. The molecule has 0 unspecified atom stereocenters. The normalized spacial score (nSPS) is 9.85. The molecule has 0 aliphatic heterocycles. The van der Waals surface area contributed by atoms with E-state index in [0.717, 1.165) is 11.1 Å². The highest BCUT2D eigenvalue weighted by molar-refractivity contribution is 5.89. The summed E-state index contributed by atoms with van der Waals surface area (Å²) in [6.07, 6.45) is 3.69. The van der Waals surface area contributed by atoms with Crippen LogP contribution in [0.1, 0.15) is 21.5 Å². The Morgan fingerprint density at radius 2 is 1.75 bits per heavy atom. The Labute approximate surface area is 118 Å². The Morgan fingerprint density at radius 3 is 2.40 bits per heavy atom. The number of carbonyl (C=O) groups is 1. The van der Waals surface area contributed by atoms with Crippen LogP contribution in [0.3, 0.4) is 0 Å². The number of esters is 1. The highest BCUT2D eigenvalue weighted by atomic mass is 16.5. The van der Waals surface area contributed by atoms with Gasteiger partial charge in [-0.15, -0.1) is 0 Å². The molecule has 0 radical (unpaired) electrons. The summed E-state index contributed by atoms with van der Waals surface area (Å²) in [7, 11) is 1.37. The molecule has 0 amide bonds. The van der Waals surface area contributed by atoms with Crippen LogP contribution in [-0.4, -0.2) is 13.1 Å². The fourth-order valence-corrected chi connectivity index (χ4v) is 1.63. The summed E-state index contributed by atoms with van der Waals surface area (Å²) in [5, 5.41) is 0. The van der Waals surface area contributed by atoms with Crippen molar-refractivity contribution in [3.8, 4) is 11.8 Å². The van der Waals surface area contributed by atoms with Gasteiger partial charge in [-0.25, -0.2) is 4.79 Å². The first-order valence-electron chi connectivity index (χ1n) is 6.21. The highest BCUT2D eigenvalue weighted by Crippen LogP contribution is 2.07. The number of hydrogen-bond donors (Lipinski definition) is 0. The lowest BCUT2D eigenvalue weighted by Crippen LogP contribution is -2.00. The fourth-order valence-electron chi connectivity index (χ4n) is 1.63. The van der Waals surface area contributed by atoms with Gasteiger partial charge in [0.05, 0.1) is 12.7 Å². The summed E-state index contributed by atoms with van der Waals surface area (Å²) in [6.45, 7) is 0. The molecule has 0 saturated heterocycles. The Balaban J connectivity index is 2.02. The molecule has 0 bridgehead atoms. The van der Waals surface area contributed by atoms with E-state index in [1.54, 1.807) is 18.2 Å². The van der Waals surface area contributed by atoms with E-state index in [2.05, 4.69) is 16.6 Å². The second kappa shape index (κ2) is 6.96. The van der Waals surface area contributed by atoms with E-state index in [4.69, 9.17) is 0 Å². The van der Waals surface area contributed by atoms with Crippen molar-refractivity contribution in [2.24, 2.45) is 0 Å². The second-order valence-corrected chi connectivity index (χ2v) is 4.08. The van der Waals surface area contributed by atoms with Gasteiger partial charge >= 0.3 is 5.97 Å². The quantitative estimate of drug-likeness (QED) is 0.611. The van der Waals surface area contributed by atoms with E-state index in [9.17, 15) is 4.79 Å². The van der Waals surface area contributed by atoms with Crippen LogP contribution in [0.2, 0.25) is 0 Å². The van der Waals surface area contributed by atoms with Gasteiger partial charge < -0.3 is 4.74 Å². The number of allylic oxidation sites excluding steroid dienone is 1. The molecule has 0 spiro atoms. The third-order valence-corrected chi connectivity index (χ3v) is 2.68. The molecule has 20 heavy (non-hydrogen) atoms. The molecule has 2 nitrogen and oxygen atoms in total. The monoisotopic (exact) mass is 262 g/mol. The summed E-state index contributed by atoms with van der Waals surface area (Å²) in [4.78, 5) is 11.3. The second-order valence-electron chi connectivity index (χ2n) is 4.08. The molecule has 0 atom stereocenters. The van der Waals surface area contributed by atoms with Crippen LogP contribution in [0.4, 0.5) is 0 Å². The van der Waals surface area contributed by atoms with Gasteiger partial charge in [0.1, 0.15) is 0 Å². The lowest BCUT2D eigenvalue weighted by Gasteiger charge is -1.98. The highest BCUT2D eigenvalue weighted by Gasteiger charge is 2.02. The molecule has 2 aromatic rings. The molecule has 2 heteroatoms. The van der Waals surface area contributed by atoms with E-state index in [1.165, 1.54) is 7.11 Å². The zero-order valence-electron chi connectivity index (χ0n) is 11.2. The van der Waals surface area contributed by atoms with Crippen molar-refractivity contribution in [2.75, 3.05) is 7.11 Å². The minimum absolute atomic E-state index is 0.329. The molecule has 0 heterocycles. The van der Waals surface area contributed by atoms with Crippen molar-refractivity contribution in [1.29, 1.82) is 0 Å². The number of carbonyl (C=O) groups excluding carboxylic acids is 1. The van der Waals surface area contributed by atoms with Crippen molar-refractivity contribution >= 4 is 12.0 Å². The van der Waals surface area contributed by atoms with Crippen molar-refractivity contribution in [3.05, 3.63) is 77.4 Å². The maximum absolute atomic E-state index is 11.3. The molecule has 2 rings (SSSR count). The van der Waals surface area contributed by atoms with E-state index in [-0.39, 0.29) is 5.97 Å².